The van der Waals surface area contributed by atoms with Crippen LogP contribution < -0.4 is 14.8 Å². The Labute approximate surface area is 171 Å². The molecule has 0 saturated carbocycles. The molecule has 0 fully saturated rings. The van der Waals surface area contributed by atoms with Crippen molar-refractivity contribution in [3.05, 3.63) is 82.8 Å². The number of carbonyl (C=O) groups excluding carboxylic acids is 1. The molecule has 0 spiro atoms. The van der Waals surface area contributed by atoms with Crippen molar-refractivity contribution in [3.63, 3.8) is 0 Å². The molecule has 8 heteroatoms. The summed E-state index contributed by atoms with van der Waals surface area (Å²) in [5.74, 6) is 0.291. The molecule has 0 aliphatic carbocycles. The Morgan fingerprint density at radius 2 is 1.64 bits per heavy atom. The van der Waals surface area contributed by atoms with E-state index < -0.39 is 10.0 Å². The minimum atomic E-state index is -3.81. The van der Waals surface area contributed by atoms with Crippen molar-refractivity contribution in [2.75, 3.05) is 17.1 Å². The Kier molecular flexibility index (Phi) is 6.01. The van der Waals surface area contributed by atoms with Crippen molar-refractivity contribution in [1.82, 2.24) is 0 Å². The Hall–Kier alpha value is -2.84. The molecule has 0 heterocycles. The van der Waals surface area contributed by atoms with Crippen LogP contribution in [-0.4, -0.2) is 21.4 Å². The summed E-state index contributed by atoms with van der Waals surface area (Å²) in [6.07, 6.45) is 0. The molecule has 1 amide bonds. The van der Waals surface area contributed by atoms with Crippen LogP contribution in [0.2, 0.25) is 0 Å². The number of rotatable bonds is 6. The van der Waals surface area contributed by atoms with Gasteiger partial charge < -0.3 is 10.1 Å². The number of hydrogen-bond donors (Lipinski definition) is 2. The smallest absolute Gasteiger partial charge is 0.261 e. The molecular formula is C20H17BrN2O4S. The first-order valence-corrected chi connectivity index (χ1v) is 10.5. The molecule has 28 heavy (non-hydrogen) atoms. The molecular weight excluding hydrogens is 444 g/mol. The molecule has 0 aromatic heterocycles. The highest BCUT2D eigenvalue weighted by Gasteiger charge is 2.16. The third kappa shape index (κ3) is 4.90. The SMILES string of the molecule is COc1ccc(NS(=O)(=O)c2cccc(NC(=O)c3cccc(Br)c3)c2)cc1. The normalized spacial score (nSPS) is 10.9. The fraction of sp³-hybridized carbons (Fsp3) is 0.0500. The van der Waals surface area contributed by atoms with Gasteiger partial charge in [0, 0.05) is 21.4 Å². The van der Waals surface area contributed by atoms with Crippen molar-refractivity contribution in [1.29, 1.82) is 0 Å². The van der Waals surface area contributed by atoms with E-state index in [1.54, 1.807) is 54.6 Å². The van der Waals surface area contributed by atoms with Gasteiger partial charge in [0.1, 0.15) is 5.75 Å². The summed E-state index contributed by atoms with van der Waals surface area (Å²) in [4.78, 5) is 12.4. The van der Waals surface area contributed by atoms with E-state index >= 15 is 0 Å². The van der Waals surface area contributed by atoms with Crippen LogP contribution in [-0.2, 0) is 10.0 Å². The standard InChI is InChI=1S/C20H17BrN2O4S/c1-27-18-10-8-16(9-11-18)23-28(25,26)19-7-3-6-17(13-19)22-20(24)14-4-2-5-15(21)12-14/h2-13,23H,1H3,(H,22,24). The van der Waals surface area contributed by atoms with Gasteiger partial charge in [0.2, 0.25) is 0 Å². The van der Waals surface area contributed by atoms with Gasteiger partial charge in [-0.05, 0) is 60.7 Å². The largest absolute Gasteiger partial charge is 0.497 e. The average Bonchev–Trinajstić information content (AvgIpc) is 2.68. The Morgan fingerprint density at radius 1 is 0.929 bits per heavy atom. The lowest BCUT2D eigenvalue weighted by atomic mass is 10.2. The number of benzene rings is 3. The highest BCUT2D eigenvalue weighted by Crippen LogP contribution is 2.22. The van der Waals surface area contributed by atoms with Crippen molar-refractivity contribution in [3.8, 4) is 5.75 Å². The van der Waals surface area contributed by atoms with Gasteiger partial charge in [-0.15, -0.1) is 0 Å². The van der Waals surface area contributed by atoms with E-state index in [1.165, 1.54) is 19.2 Å². The lowest BCUT2D eigenvalue weighted by Gasteiger charge is -2.11. The van der Waals surface area contributed by atoms with Crippen LogP contribution in [0.25, 0.3) is 0 Å². The predicted octanol–water partition coefficient (Wildman–Crippen LogP) is 4.51. The number of hydrogen-bond acceptors (Lipinski definition) is 4. The molecule has 2 N–H and O–H groups in total. The predicted molar refractivity (Wildman–Crippen MR) is 112 cm³/mol. The summed E-state index contributed by atoms with van der Waals surface area (Å²) in [6.45, 7) is 0. The molecule has 0 radical (unpaired) electrons. The molecule has 3 aromatic carbocycles. The zero-order valence-corrected chi connectivity index (χ0v) is 17.2. The van der Waals surface area contributed by atoms with Crippen molar-refractivity contribution >= 4 is 43.2 Å². The number of anilines is 2. The monoisotopic (exact) mass is 460 g/mol. The number of methoxy groups -OCH3 is 1. The molecule has 0 aliphatic rings. The summed E-state index contributed by atoms with van der Waals surface area (Å²) in [5, 5.41) is 2.71. The minimum absolute atomic E-state index is 0.0374. The zero-order chi connectivity index (χ0) is 20.1. The molecule has 3 aromatic rings. The minimum Gasteiger partial charge on any atom is -0.497 e. The van der Waals surface area contributed by atoms with E-state index in [0.29, 0.717) is 22.7 Å². The topological polar surface area (TPSA) is 84.5 Å². The second-order valence-corrected chi connectivity index (χ2v) is 8.42. The van der Waals surface area contributed by atoms with E-state index in [2.05, 4.69) is 26.0 Å². The van der Waals surface area contributed by atoms with Gasteiger partial charge in [-0.1, -0.05) is 28.1 Å². The van der Waals surface area contributed by atoms with Crippen molar-refractivity contribution in [2.45, 2.75) is 4.90 Å². The van der Waals surface area contributed by atoms with Crippen LogP contribution in [0.5, 0.6) is 5.75 Å². The van der Waals surface area contributed by atoms with E-state index in [4.69, 9.17) is 4.74 Å². The highest BCUT2D eigenvalue weighted by atomic mass is 79.9. The van der Waals surface area contributed by atoms with E-state index in [9.17, 15) is 13.2 Å². The van der Waals surface area contributed by atoms with E-state index in [0.717, 1.165) is 4.47 Å². The van der Waals surface area contributed by atoms with Crippen LogP contribution >= 0.6 is 15.9 Å². The summed E-state index contributed by atoms with van der Waals surface area (Å²) < 4.78 is 33.6. The van der Waals surface area contributed by atoms with Crippen molar-refractivity contribution in [2.24, 2.45) is 0 Å². The maximum atomic E-state index is 12.6. The Bertz CT molecular complexity index is 1100. The first kappa shape index (κ1) is 19.9. The van der Waals surface area contributed by atoms with E-state index in [-0.39, 0.29) is 10.8 Å². The lowest BCUT2D eigenvalue weighted by molar-refractivity contribution is 0.102. The molecule has 0 saturated heterocycles. The number of halogens is 1. The summed E-state index contributed by atoms with van der Waals surface area (Å²) in [5.41, 5.74) is 1.24. The van der Waals surface area contributed by atoms with Crippen molar-refractivity contribution < 1.29 is 17.9 Å². The second kappa shape index (κ2) is 8.45. The highest BCUT2D eigenvalue weighted by molar-refractivity contribution is 9.10. The van der Waals surface area contributed by atoms with Gasteiger partial charge in [-0.3, -0.25) is 9.52 Å². The lowest BCUT2D eigenvalue weighted by Crippen LogP contribution is -2.15. The van der Waals surface area contributed by atoms with Crippen LogP contribution in [0.1, 0.15) is 10.4 Å². The van der Waals surface area contributed by atoms with Gasteiger partial charge in [-0.2, -0.15) is 0 Å². The summed E-state index contributed by atoms with van der Waals surface area (Å²) in [7, 11) is -2.28. The average molecular weight is 461 g/mol. The number of sulfonamides is 1. The maximum Gasteiger partial charge on any atom is 0.261 e. The molecule has 0 atom stereocenters. The molecule has 0 unspecified atom stereocenters. The van der Waals surface area contributed by atoms with Gasteiger partial charge >= 0.3 is 0 Å². The second-order valence-electron chi connectivity index (χ2n) is 5.83. The van der Waals surface area contributed by atoms with Crippen LogP contribution in [0.4, 0.5) is 11.4 Å². The molecule has 144 valence electrons. The third-order valence-corrected chi connectivity index (χ3v) is 5.70. The fourth-order valence-corrected chi connectivity index (χ4v) is 3.95. The van der Waals surface area contributed by atoms with Gasteiger partial charge in [0.25, 0.3) is 15.9 Å². The first-order valence-electron chi connectivity index (χ1n) is 8.21. The fourth-order valence-electron chi connectivity index (χ4n) is 2.45. The first-order chi connectivity index (χ1) is 13.4. The quantitative estimate of drug-likeness (QED) is 0.566. The Balaban J connectivity index is 1.78. The number of ether oxygens (including phenoxy) is 1. The maximum absolute atomic E-state index is 12.6. The molecule has 3 rings (SSSR count). The summed E-state index contributed by atoms with van der Waals surface area (Å²) >= 11 is 3.32. The van der Waals surface area contributed by atoms with E-state index in [1.807, 2.05) is 6.07 Å². The van der Waals surface area contributed by atoms with Gasteiger partial charge in [-0.25, -0.2) is 8.42 Å². The molecule has 0 aliphatic heterocycles. The Morgan fingerprint density at radius 3 is 2.32 bits per heavy atom. The van der Waals surface area contributed by atoms with Crippen LogP contribution in [0.3, 0.4) is 0 Å². The van der Waals surface area contributed by atoms with Gasteiger partial charge in [0.05, 0.1) is 12.0 Å². The van der Waals surface area contributed by atoms with Gasteiger partial charge in [0.15, 0.2) is 0 Å². The van der Waals surface area contributed by atoms with Crippen LogP contribution in [0.15, 0.2) is 82.2 Å². The zero-order valence-electron chi connectivity index (χ0n) is 14.8. The number of nitrogens with one attached hydrogen (secondary N) is 2. The molecule has 0 bridgehead atoms. The summed E-state index contributed by atoms with van der Waals surface area (Å²) in [6, 6.07) is 19.5. The van der Waals surface area contributed by atoms with Crippen LogP contribution in [0, 0.1) is 0 Å². The molecule has 6 nitrogen and oxygen atoms in total. The number of carbonyl (C=O) groups is 1. The number of amides is 1. The third-order valence-electron chi connectivity index (χ3n) is 3.83.